The Morgan fingerprint density at radius 3 is 2.20 bits per heavy atom. The molecule has 0 bridgehead atoms. The fourth-order valence-electron chi connectivity index (χ4n) is 3.75. The van der Waals surface area contributed by atoms with Gasteiger partial charge in [-0.25, -0.2) is 4.85 Å². The summed E-state index contributed by atoms with van der Waals surface area (Å²) in [4.78, 5) is 7.92. The predicted molar refractivity (Wildman–Crippen MR) is 103 cm³/mol. The molecule has 1 aliphatic heterocycles. The quantitative estimate of drug-likeness (QED) is 0.667. The molecule has 3 rings (SSSR count). The van der Waals surface area contributed by atoms with Crippen LogP contribution in [0.3, 0.4) is 0 Å². The number of benzene rings is 2. The van der Waals surface area contributed by atoms with Crippen LogP contribution >= 0.6 is 0 Å². The SMILES string of the molecule is [C-]#[N+]c1ccc2c(c1C#N)N(C)[C@H](C)N2c1c(C)c(C)cc(C)c1C. The lowest BCUT2D eigenvalue weighted by Gasteiger charge is -2.31. The van der Waals surface area contributed by atoms with Crippen LogP contribution in [-0.2, 0) is 0 Å². The lowest BCUT2D eigenvalue weighted by molar-refractivity contribution is 0.730. The Morgan fingerprint density at radius 1 is 1.08 bits per heavy atom. The standard InChI is InChI=1S/C21H22N4/c1-12-10-13(2)15(4)20(14(12)3)25-16(5)24(7)21-17(11-22)18(23-6)8-9-19(21)25/h8-10,16H,1-5,7H3/t16-/m0/s1. The van der Waals surface area contributed by atoms with E-state index in [2.05, 4.69) is 61.4 Å². The molecular weight excluding hydrogens is 308 g/mol. The molecule has 0 amide bonds. The zero-order valence-corrected chi connectivity index (χ0v) is 15.6. The number of rotatable bonds is 1. The summed E-state index contributed by atoms with van der Waals surface area (Å²) in [5, 5.41) is 9.63. The van der Waals surface area contributed by atoms with Gasteiger partial charge in [0.2, 0.25) is 5.69 Å². The summed E-state index contributed by atoms with van der Waals surface area (Å²) in [6.45, 7) is 18.1. The molecule has 0 saturated heterocycles. The van der Waals surface area contributed by atoms with Gasteiger partial charge in [0.25, 0.3) is 0 Å². The van der Waals surface area contributed by atoms with Gasteiger partial charge in [0.05, 0.1) is 29.6 Å². The summed E-state index contributed by atoms with van der Waals surface area (Å²) >= 11 is 0. The predicted octanol–water partition coefficient (Wildman–Crippen LogP) is 5.28. The van der Waals surface area contributed by atoms with E-state index < -0.39 is 0 Å². The molecule has 0 aliphatic carbocycles. The Labute approximate surface area is 149 Å². The Balaban J connectivity index is 2.35. The maximum atomic E-state index is 9.63. The molecule has 0 fully saturated rings. The lowest BCUT2D eigenvalue weighted by atomic mass is 9.97. The molecule has 1 heterocycles. The van der Waals surface area contributed by atoms with Gasteiger partial charge < -0.3 is 9.80 Å². The second kappa shape index (κ2) is 5.83. The van der Waals surface area contributed by atoms with Gasteiger partial charge in [-0.2, -0.15) is 5.26 Å². The van der Waals surface area contributed by atoms with Crippen molar-refractivity contribution in [1.29, 1.82) is 5.26 Å². The molecule has 2 aromatic carbocycles. The van der Waals surface area contributed by atoms with Gasteiger partial charge in [0.1, 0.15) is 6.17 Å². The normalized spacial score (nSPS) is 15.8. The number of aryl methyl sites for hydroxylation is 2. The third-order valence-electron chi connectivity index (χ3n) is 5.48. The van der Waals surface area contributed by atoms with Crippen molar-refractivity contribution in [3.63, 3.8) is 0 Å². The van der Waals surface area contributed by atoms with Crippen LogP contribution in [0.5, 0.6) is 0 Å². The maximum Gasteiger partial charge on any atom is 0.206 e. The highest BCUT2D eigenvalue weighted by Crippen LogP contribution is 2.49. The van der Waals surface area contributed by atoms with E-state index in [1.54, 1.807) is 6.07 Å². The van der Waals surface area contributed by atoms with E-state index in [0.717, 1.165) is 11.4 Å². The van der Waals surface area contributed by atoms with Crippen molar-refractivity contribution in [2.45, 2.75) is 40.8 Å². The summed E-state index contributed by atoms with van der Waals surface area (Å²) in [5.74, 6) is 0. The first kappa shape index (κ1) is 16.9. The van der Waals surface area contributed by atoms with Crippen LogP contribution in [0, 0.1) is 45.6 Å². The first-order valence-electron chi connectivity index (χ1n) is 8.37. The number of hydrogen-bond acceptors (Lipinski definition) is 3. The van der Waals surface area contributed by atoms with E-state index >= 15 is 0 Å². The van der Waals surface area contributed by atoms with Crippen molar-refractivity contribution < 1.29 is 0 Å². The van der Waals surface area contributed by atoms with E-state index in [1.807, 2.05) is 13.1 Å². The second-order valence-corrected chi connectivity index (χ2v) is 6.77. The summed E-state index contributed by atoms with van der Waals surface area (Å²) in [7, 11) is 1.99. The zero-order valence-electron chi connectivity index (χ0n) is 15.6. The molecule has 0 unspecified atom stereocenters. The molecule has 0 spiro atoms. The first-order valence-corrected chi connectivity index (χ1v) is 8.37. The van der Waals surface area contributed by atoms with Gasteiger partial charge in [-0.05, 0) is 62.9 Å². The van der Waals surface area contributed by atoms with Crippen molar-refractivity contribution in [2.75, 3.05) is 16.8 Å². The van der Waals surface area contributed by atoms with Gasteiger partial charge in [-0.3, -0.25) is 0 Å². The molecule has 0 N–H and O–H groups in total. The Hall–Kier alpha value is -2.98. The monoisotopic (exact) mass is 330 g/mol. The average molecular weight is 330 g/mol. The van der Waals surface area contributed by atoms with Crippen LogP contribution in [0.15, 0.2) is 18.2 Å². The highest BCUT2D eigenvalue weighted by molar-refractivity contribution is 5.92. The molecule has 2 aromatic rings. The lowest BCUT2D eigenvalue weighted by Crippen LogP contribution is -2.36. The summed E-state index contributed by atoms with van der Waals surface area (Å²) < 4.78 is 0. The zero-order chi connectivity index (χ0) is 18.5. The van der Waals surface area contributed by atoms with Gasteiger partial charge in [-0.15, -0.1) is 0 Å². The molecule has 0 aromatic heterocycles. The van der Waals surface area contributed by atoms with E-state index in [-0.39, 0.29) is 6.17 Å². The molecule has 126 valence electrons. The molecular formula is C21H22N4. The van der Waals surface area contributed by atoms with E-state index in [9.17, 15) is 5.26 Å². The second-order valence-electron chi connectivity index (χ2n) is 6.77. The van der Waals surface area contributed by atoms with Crippen molar-refractivity contribution in [2.24, 2.45) is 0 Å². The average Bonchev–Trinajstić information content (AvgIpc) is 2.84. The largest absolute Gasteiger partial charge is 0.352 e. The molecule has 4 heteroatoms. The Morgan fingerprint density at radius 2 is 1.68 bits per heavy atom. The van der Waals surface area contributed by atoms with Gasteiger partial charge in [-0.1, -0.05) is 12.1 Å². The Kier molecular flexibility index (Phi) is 3.93. The third-order valence-corrected chi connectivity index (χ3v) is 5.48. The minimum absolute atomic E-state index is 0.0710. The van der Waals surface area contributed by atoms with Gasteiger partial charge >= 0.3 is 0 Å². The maximum absolute atomic E-state index is 9.63. The number of anilines is 3. The van der Waals surface area contributed by atoms with E-state index in [0.29, 0.717) is 11.3 Å². The number of nitriles is 1. The van der Waals surface area contributed by atoms with Crippen LogP contribution in [0.25, 0.3) is 4.85 Å². The topological polar surface area (TPSA) is 34.6 Å². The van der Waals surface area contributed by atoms with Crippen molar-refractivity contribution >= 4 is 22.7 Å². The molecule has 25 heavy (non-hydrogen) atoms. The van der Waals surface area contributed by atoms with Crippen LogP contribution in [0.1, 0.15) is 34.7 Å². The van der Waals surface area contributed by atoms with E-state index in [1.165, 1.54) is 27.9 Å². The molecule has 1 aliphatic rings. The van der Waals surface area contributed by atoms with Crippen LogP contribution in [0.2, 0.25) is 0 Å². The smallest absolute Gasteiger partial charge is 0.206 e. The highest BCUT2D eigenvalue weighted by atomic mass is 15.4. The molecule has 1 atom stereocenters. The summed E-state index contributed by atoms with van der Waals surface area (Å²) in [6, 6.07) is 8.20. The third kappa shape index (κ3) is 2.26. The van der Waals surface area contributed by atoms with Crippen molar-refractivity contribution in [3.8, 4) is 6.07 Å². The van der Waals surface area contributed by atoms with Crippen LogP contribution in [0.4, 0.5) is 22.7 Å². The number of nitrogens with zero attached hydrogens (tertiary/aromatic N) is 4. The summed E-state index contributed by atoms with van der Waals surface area (Å²) in [5.41, 5.74) is 8.96. The van der Waals surface area contributed by atoms with Crippen LogP contribution < -0.4 is 9.80 Å². The van der Waals surface area contributed by atoms with Gasteiger partial charge in [0, 0.05) is 12.7 Å². The fourth-order valence-corrected chi connectivity index (χ4v) is 3.75. The highest BCUT2D eigenvalue weighted by Gasteiger charge is 2.36. The first-order chi connectivity index (χ1) is 11.8. The minimum atomic E-state index is 0.0710. The van der Waals surface area contributed by atoms with Crippen LogP contribution in [-0.4, -0.2) is 13.2 Å². The van der Waals surface area contributed by atoms with Crippen molar-refractivity contribution in [3.05, 3.63) is 57.4 Å². The molecule has 0 radical (unpaired) electrons. The van der Waals surface area contributed by atoms with E-state index in [4.69, 9.17) is 6.57 Å². The van der Waals surface area contributed by atoms with Crippen molar-refractivity contribution in [1.82, 2.24) is 0 Å². The molecule has 0 saturated carbocycles. The summed E-state index contributed by atoms with van der Waals surface area (Å²) in [6.07, 6.45) is 0.0710. The molecule has 4 nitrogen and oxygen atoms in total. The van der Waals surface area contributed by atoms with Gasteiger partial charge in [0.15, 0.2) is 0 Å². The minimum Gasteiger partial charge on any atom is -0.352 e. The fraction of sp³-hybridized carbons (Fsp3) is 0.333. The number of hydrogen-bond donors (Lipinski definition) is 0. The number of fused-ring (bicyclic) bond motifs is 1. The Bertz CT molecular complexity index is 933.